The normalized spacial score (nSPS) is 11.1. The number of amides is 1. The molecule has 0 saturated carbocycles. The van der Waals surface area contributed by atoms with E-state index in [9.17, 15) is 13.2 Å². The Morgan fingerprint density at radius 1 is 1.11 bits per heavy atom. The summed E-state index contributed by atoms with van der Waals surface area (Å²) >= 11 is 5.83. The first-order chi connectivity index (χ1) is 13.2. The number of pyridine rings is 1. The second-order valence-electron chi connectivity index (χ2n) is 5.92. The summed E-state index contributed by atoms with van der Waals surface area (Å²) < 4.78 is 28.6. The summed E-state index contributed by atoms with van der Waals surface area (Å²) in [6, 6.07) is 14.1. The van der Waals surface area contributed by atoms with Crippen LogP contribution < -0.4 is 15.2 Å². The molecule has 0 aliphatic carbocycles. The molecule has 1 heterocycles. The minimum Gasteiger partial charge on any atom is -0.439 e. The molecule has 9 heteroatoms. The molecular weight excluding hydrogens is 402 g/mol. The van der Waals surface area contributed by atoms with E-state index in [0.29, 0.717) is 27.9 Å². The van der Waals surface area contributed by atoms with Crippen LogP contribution in [-0.4, -0.2) is 19.3 Å². The summed E-state index contributed by atoms with van der Waals surface area (Å²) in [4.78, 5) is 16.5. The number of primary sulfonamides is 1. The minimum absolute atomic E-state index is 0.131. The molecule has 0 saturated heterocycles. The van der Waals surface area contributed by atoms with Crippen LogP contribution in [0.5, 0.6) is 11.6 Å². The van der Waals surface area contributed by atoms with Crippen LogP contribution in [0.2, 0.25) is 5.02 Å². The van der Waals surface area contributed by atoms with Gasteiger partial charge in [0.2, 0.25) is 15.9 Å². The summed E-state index contributed by atoms with van der Waals surface area (Å²) in [5, 5.41) is 8.39. The number of hydrogen-bond acceptors (Lipinski definition) is 5. The van der Waals surface area contributed by atoms with Crippen molar-refractivity contribution in [1.29, 1.82) is 0 Å². The van der Waals surface area contributed by atoms with Gasteiger partial charge in [-0.05, 0) is 55.0 Å². The van der Waals surface area contributed by atoms with Gasteiger partial charge in [-0.3, -0.25) is 4.79 Å². The molecule has 0 fully saturated rings. The van der Waals surface area contributed by atoms with Crippen molar-refractivity contribution in [2.45, 2.75) is 11.8 Å². The molecular formula is C19H16ClN3O4S. The molecule has 0 aliphatic heterocycles. The number of halogens is 1. The van der Waals surface area contributed by atoms with Gasteiger partial charge >= 0.3 is 0 Å². The maximum absolute atomic E-state index is 12.5. The van der Waals surface area contributed by atoms with Crippen molar-refractivity contribution in [3.8, 4) is 11.6 Å². The topological polar surface area (TPSA) is 111 Å². The molecule has 144 valence electrons. The quantitative estimate of drug-likeness (QED) is 0.656. The molecule has 0 aliphatic rings. The largest absolute Gasteiger partial charge is 0.439 e. The molecule has 3 N–H and O–H groups in total. The third-order valence-electron chi connectivity index (χ3n) is 3.81. The standard InChI is InChI=1S/C19H16ClN3O4S/c1-12-2-8-16(28(21,25)26)10-17(12)19(24)23-14-5-9-18(22-11-14)27-15-6-3-13(20)4-7-15/h2-11H,1H3,(H,23,24)(H2,21,25,26). The Balaban J connectivity index is 1.73. The smallest absolute Gasteiger partial charge is 0.256 e. The van der Waals surface area contributed by atoms with Crippen LogP contribution in [0, 0.1) is 6.92 Å². The predicted octanol–water partition coefficient (Wildman–Crippen LogP) is 3.74. The molecule has 0 unspecified atom stereocenters. The second-order valence-corrected chi connectivity index (χ2v) is 7.91. The number of ether oxygens (including phenoxy) is 1. The van der Waals surface area contributed by atoms with E-state index >= 15 is 0 Å². The van der Waals surface area contributed by atoms with Gasteiger partial charge in [0, 0.05) is 16.7 Å². The van der Waals surface area contributed by atoms with Gasteiger partial charge in [-0.25, -0.2) is 18.5 Å². The molecule has 3 aromatic rings. The third-order valence-corrected chi connectivity index (χ3v) is 4.98. The Labute approximate surface area is 167 Å². The number of rotatable bonds is 5. The molecule has 0 radical (unpaired) electrons. The number of anilines is 1. The van der Waals surface area contributed by atoms with Crippen molar-refractivity contribution < 1.29 is 17.9 Å². The summed E-state index contributed by atoms with van der Waals surface area (Å²) in [6.07, 6.45) is 1.43. The number of hydrogen-bond donors (Lipinski definition) is 2. The Morgan fingerprint density at radius 2 is 1.82 bits per heavy atom. The Kier molecular flexibility index (Phi) is 5.64. The van der Waals surface area contributed by atoms with Crippen molar-refractivity contribution >= 4 is 33.2 Å². The lowest BCUT2D eigenvalue weighted by molar-refractivity contribution is 0.102. The summed E-state index contributed by atoms with van der Waals surface area (Å²) in [5.74, 6) is 0.438. The highest BCUT2D eigenvalue weighted by molar-refractivity contribution is 7.89. The van der Waals surface area contributed by atoms with Crippen molar-refractivity contribution in [2.24, 2.45) is 5.14 Å². The predicted molar refractivity (Wildman–Crippen MR) is 106 cm³/mol. The molecule has 1 aromatic heterocycles. The zero-order valence-electron chi connectivity index (χ0n) is 14.7. The number of nitrogens with one attached hydrogen (secondary N) is 1. The molecule has 7 nitrogen and oxygen atoms in total. The fourth-order valence-corrected chi connectivity index (χ4v) is 3.02. The molecule has 0 bridgehead atoms. The van der Waals surface area contributed by atoms with E-state index in [1.165, 1.54) is 24.4 Å². The van der Waals surface area contributed by atoms with E-state index in [-0.39, 0.29) is 10.5 Å². The van der Waals surface area contributed by atoms with Gasteiger partial charge < -0.3 is 10.1 Å². The highest BCUT2D eigenvalue weighted by Gasteiger charge is 2.15. The number of benzene rings is 2. The number of aromatic nitrogens is 1. The van der Waals surface area contributed by atoms with Gasteiger partial charge in [0.1, 0.15) is 5.75 Å². The van der Waals surface area contributed by atoms with Crippen molar-refractivity contribution in [3.05, 3.63) is 76.9 Å². The molecule has 3 rings (SSSR count). The monoisotopic (exact) mass is 417 g/mol. The van der Waals surface area contributed by atoms with Gasteiger partial charge in [-0.2, -0.15) is 0 Å². The maximum atomic E-state index is 12.5. The zero-order chi connectivity index (χ0) is 20.3. The number of nitrogens with two attached hydrogens (primary N) is 1. The molecule has 0 atom stereocenters. The van der Waals surface area contributed by atoms with Crippen LogP contribution in [0.1, 0.15) is 15.9 Å². The molecule has 28 heavy (non-hydrogen) atoms. The van der Waals surface area contributed by atoms with E-state index < -0.39 is 15.9 Å². The van der Waals surface area contributed by atoms with E-state index in [0.717, 1.165) is 0 Å². The minimum atomic E-state index is -3.90. The van der Waals surface area contributed by atoms with E-state index in [2.05, 4.69) is 10.3 Å². The first kappa shape index (κ1) is 19.8. The zero-order valence-corrected chi connectivity index (χ0v) is 16.3. The molecule has 0 spiro atoms. The molecule has 1 amide bonds. The Hall–Kier alpha value is -2.94. The molecule has 2 aromatic carbocycles. The number of aryl methyl sites for hydroxylation is 1. The highest BCUT2D eigenvalue weighted by atomic mass is 35.5. The first-order valence-corrected chi connectivity index (χ1v) is 9.99. The summed E-state index contributed by atoms with van der Waals surface area (Å²) in [6.45, 7) is 1.70. The van der Waals surface area contributed by atoms with Crippen molar-refractivity contribution in [3.63, 3.8) is 0 Å². The van der Waals surface area contributed by atoms with Gasteiger partial charge in [0.15, 0.2) is 0 Å². The first-order valence-electron chi connectivity index (χ1n) is 8.07. The Morgan fingerprint density at radius 3 is 2.43 bits per heavy atom. The van der Waals surface area contributed by atoms with Crippen LogP contribution in [0.4, 0.5) is 5.69 Å². The van der Waals surface area contributed by atoms with E-state index in [1.807, 2.05) is 0 Å². The highest BCUT2D eigenvalue weighted by Crippen LogP contribution is 2.23. The number of carbonyl (C=O) groups is 1. The van der Waals surface area contributed by atoms with Crippen LogP contribution in [0.25, 0.3) is 0 Å². The van der Waals surface area contributed by atoms with Crippen LogP contribution >= 0.6 is 11.6 Å². The third kappa shape index (κ3) is 4.86. The van der Waals surface area contributed by atoms with Crippen LogP contribution in [0.3, 0.4) is 0 Å². The van der Waals surface area contributed by atoms with Gasteiger partial charge in [-0.15, -0.1) is 0 Å². The van der Waals surface area contributed by atoms with E-state index in [1.54, 1.807) is 43.3 Å². The lowest BCUT2D eigenvalue weighted by Gasteiger charge is -2.10. The Bertz CT molecular complexity index is 1110. The summed E-state index contributed by atoms with van der Waals surface area (Å²) in [7, 11) is -3.90. The number of carbonyl (C=O) groups excluding carboxylic acids is 1. The lowest BCUT2D eigenvalue weighted by atomic mass is 10.1. The van der Waals surface area contributed by atoms with Gasteiger partial charge in [-0.1, -0.05) is 17.7 Å². The maximum Gasteiger partial charge on any atom is 0.256 e. The fraction of sp³-hybridized carbons (Fsp3) is 0.0526. The second kappa shape index (κ2) is 7.97. The van der Waals surface area contributed by atoms with Crippen LogP contribution in [0.15, 0.2) is 65.7 Å². The fourth-order valence-electron chi connectivity index (χ4n) is 2.36. The van der Waals surface area contributed by atoms with Gasteiger partial charge in [0.05, 0.1) is 16.8 Å². The number of sulfonamides is 1. The number of nitrogens with zero attached hydrogens (tertiary/aromatic N) is 1. The average molecular weight is 418 g/mol. The lowest BCUT2D eigenvalue weighted by Crippen LogP contribution is -2.17. The SMILES string of the molecule is Cc1ccc(S(N)(=O)=O)cc1C(=O)Nc1ccc(Oc2ccc(Cl)cc2)nc1. The van der Waals surface area contributed by atoms with E-state index in [4.69, 9.17) is 21.5 Å². The van der Waals surface area contributed by atoms with Crippen molar-refractivity contribution in [1.82, 2.24) is 4.98 Å². The summed E-state index contributed by atoms with van der Waals surface area (Å²) in [5.41, 5.74) is 1.24. The van der Waals surface area contributed by atoms with Gasteiger partial charge in [0.25, 0.3) is 5.91 Å². The van der Waals surface area contributed by atoms with Crippen LogP contribution in [-0.2, 0) is 10.0 Å². The van der Waals surface area contributed by atoms with Crippen molar-refractivity contribution in [2.75, 3.05) is 5.32 Å². The average Bonchev–Trinajstić information content (AvgIpc) is 2.64.